The zero-order valence-electron chi connectivity index (χ0n) is 22.5. The number of aliphatic hydroxyl groups excluding tert-OH is 1. The van der Waals surface area contributed by atoms with Crippen LogP contribution in [-0.4, -0.2) is 26.6 Å². The summed E-state index contributed by atoms with van der Waals surface area (Å²) in [6.07, 6.45) is 1.67. The molecule has 0 aliphatic carbocycles. The lowest BCUT2D eigenvalue weighted by Gasteiger charge is -2.43. The van der Waals surface area contributed by atoms with Crippen LogP contribution in [0.3, 0.4) is 0 Å². The molecule has 0 radical (unpaired) electrons. The zero-order chi connectivity index (χ0) is 27.4. The molecule has 0 unspecified atom stereocenters. The molecule has 2 nitrogen and oxygen atoms in total. The van der Waals surface area contributed by atoms with Crippen LogP contribution in [0.5, 0.6) is 0 Å². The Balaban J connectivity index is 0.000000336. The van der Waals surface area contributed by atoms with Crippen molar-refractivity contribution in [3.05, 3.63) is 130 Å². The third-order valence-corrected chi connectivity index (χ3v) is 12.8. The van der Waals surface area contributed by atoms with Crippen molar-refractivity contribution in [3.8, 4) is 0 Å². The first kappa shape index (κ1) is 30.5. The summed E-state index contributed by atoms with van der Waals surface area (Å²) in [6.45, 7) is 7.92. The van der Waals surface area contributed by atoms with Gasteiger partial charge >= 0.3 is 0 Å². The minimum Gasteiger partial charge on any atom is -0.407 e. The lowest BCUT2D eigenvalue weighted by atomic mass is 10.1. The summed E-state index contributed by atoms with van der Waals surface area (Å²) in [6, 6.07) is 38.4. The maximum atomic E-state index is 8.58. The molecule has 0 aromatic heterocycles. The van der Waals surface area contributed by atoms with Gasteiger partial charge in [-0.25, -0.2) is 0 Å². The number of hydrogen-bond acceptors (Lipinski definition) is 2. The number of alkyl halides is 1. The van der Waals surface area contributed by atoms with Gasteiger partial charge < -0.3 is 9.53 Å². The van der Waals surface area contributed by atoms with Crippen molar-refractivity contribution in [2.45, 2.75) is 44.0 Å². The van der Waals surface area contributed by atoms with Crippen LogP contribution in [0.1, 0.15) is 37.5 Å². The highest BCUT2D eigenvalue weighted by Crippen LogP contribution is 2.36. The summed E-state index contributed by atoms with van der Waals surface area (Å²) in [7, 11) is -2.43. The number of rotatable bonds is 9. The molecule has 0 heterocycles. The lowest BCUT2D eigenvalue weighted by molar-refractivity contribution is 0.299. The van der Waals surface area contributed by atoms with E-state index in [4.69, 9.17) is 9.53 Å². The normalized spacial score (nSPS) is 11.5. The molecular weight excluding hydrogens is 616 g/mol. The molecule has 0 amide bonds. The van der Waals surface area contributed by atoms with Crippen molar-refractivity contribution in [1.29, 1.82) is 0 Å². The van der Waals surface area contributed by atoms with Crippen LogP contribution < -0.4 is 10.4 Å². The predicted molar refractivity (Wildman–Crippen MR) is 171 cm³/mol. The fraction of sp³-hybridized carbons (Fsp3) is 0.273. The topological polar surface area (TPSA) is 29.5 Å². The summed E-state index contributed by atoms with van der Waals surface area (Å²) in [5, 5.41) is 12.2. The van der Waals surface area contributed by atoms with Gasteiger partial charge in [0, 0.05) is 23.0 Å². The van der Waals surface area contributed by atoms with Crippen molar-refractivity contribution in [1.82, 2.24) is 0 Å². The number of hydrogen-bond donors (Lipinski definition) is 1. The third kappa shape index (κ3) is 8.24. The minimum absolute atomic E-state index is 0.0233. The second-order valence-electron chi connectivity index (χ2n) is 10.3. The highest BCUT2D eigenvalue weighted by atomic mass is 79.9. The molecule has 1 N–H and O–H groups in total. The molecule has 5 heteroatoms. The SMILES string of the molecule is CC(C)(C)[Si](OCCc1ccc(CBr)cc1)(c1ccccc1)c1ccccc1.OCCc1ccc(Br)cc1. The summed E-state index contributed by atoms with van der Waals surface area (Å²) < 4.78 is 8.03. The molecule has 0 saturated carbocycles. The Morgan fingerprint density at radius 3 is 1.55 bits per heavy atom. The Morgan fingerprint density at radius 2 is 1.11 bits per heavy atom. The van der Waals surface area contributed by atoms with Crippen molar-refractivity contribution < 1.29 is 9.53 Å². The summed E-state index contributed by atoms with van der Waals surface area (Å²) >= 11 is 6.85. The largest absolute Gasteiger partial charge is 0.407 e. The van der Waals surface area contributed by atoms with E-state index < -0.39 is 8.32 Å². The van der Waals surface area contributed by atoms with E-state index in [1.807, 2.05) is 24.3 Å². The maximum absolute atomic E-state index is 8.58. The van der Waals surface area contributed by atoms with Crippen molar-refractivity contribution >= 4 is 50.6 Å². The Labute approximate surface area is 246 Å². The molecule has 38 heavy (non-hydrogen) atoms. The van der Waals surface area contributed by atoms with E-state index in [0.717, 1.165) is 29.3 Å². The number of halogens is 2. The highest BCUT2D eigenvalue weighted by Gasteiger charge is 2.49. The highest BCUT2D eigenvalue weighted by molar-refractivity contribution is 9.10. The Bertz CT molecular complexity index is 1170. The van der Waals surface area contributed by atoms with Gasteiger partial charge in [-0.2, -0.15) is 0 Å². The Kier molecular flexibility index (Phi) is 12.0. The molecule has 4 aromatic carbocycles. The van der Waals surface area contributed by atoms with Crippen LogP contribution in [0.15, 0.2) is 114 Å². The van der Waals surface area contributed by atoms with Gasteiger partial charge in [0.15, 0.2) is 0 Å². The van der Waals surface area contributed by atoms with E-state index in [-0.39, 0.29) is 11.6 Å². The standard InChI is InChI=1S/C25H29BrOSi.C8H9BrO/c1-25(2,3)28(23-10-6-4-7-11-23,24-12-8-5-9-13-24)27-19-18-21-14-16-22(20-26)17-15-21;9-8-3-1-7(2-4-8)5-6-10/h4-17H,18-20H2,1-3H3;1-4,10H,5-6H2. The third-order valence-electron chi connectivity index (χ3n) is 6.62. The summed E-state index contributed by atoms with van der Waals surface area (Å²) in [4.78, 5) is 0. The quantitative estimate of drug-likeness (QED) is 0.148. The van der Waals surface area contributed by atoms with Crippen LogP contribution >= 0.6 is 31.9 Å². The number of aliphatic hydroxyl groups is 1. The molecule has 0 saturated heterocycles. The number of benzene rings is 4. The van der Waals surface area contributed by atoms with Gasteiger partial charge in [0.2, 0.25) is 0 Å². The molecular formula is C33H38Br2O2Si. The fourth-order valence-corrected chi connectivity index (χ4v) is 9.86. The molecule has 4 aromatic rings. The van der Waals surface area contributed by atoms with Gasteiger partial charge in [-0.15, -0.1) is 0 Å². The van der Waals surface area contributed by atoms with Gasteiger partial charge in [-0.1, -0.05) is 150 Å². The second-order valence-corrected chi connectivity index (χ2v) is 16.1. The monoisotopic (exact) mass is 652 g/mol. The molecule has 0 spiro atoms. The first-order valence-electron chi connectivity index (χ1n) is 13.0. The minimum atomic E-state index is -2.43. The zero-order valence-corrected chi connectivity index (χ0v) is 26.7. The van der Waals surface area contributed by atoms with E-state index in [2.05, 4.69) is 138 Å². The van der Waals surface area contributed by atoms with Gasteiger partial charge in [0.05, 0.1) is 0 Å². The predicted octanol–water partition coefficient (Wildman–Crippen LogP) is 7.68. The van der Waals surface area contributed by atoms with Crippen LogP contribution in [-0.2, 0) is 22.6 Å². The van der Waals surface area contributed by atoms with Gasteiger partial charge in [0.1, 0.15) is 0 Å². The molecule has 200 valence electrons. The first-order valence-corrected chi connectivity index (χ1v) is 16.9. The van der Waals surface area contributed by atoms with Crippen molar-refractivity contribution in [3.63, 3.8) is 0 Å². The first-order chi connectivity index (χ1) is 18.3. The van der Waals surface area contributed by atoms with E-state index >= 15 is 0 Å². The average Bonchev–Trinajstić information content (AvgIpc) is 2.93. The molecule has 0 atom stereocenters. The van der Waals surface area contributed by atoms with Crippen LogP contribution in [0.25, 0.3) is 0 Å². The molecule has 0 aliphatic rings. The molecule has 0 bridgehead atoms. The Morgan fingerprint density at radius 1 is 0.658 bits per heavy atom. The fourth-order valence-electron chi connectivity index (χ4n) is 4.66. The van der Waals surface area contributed by atoms with Gasteiger partial charge in [-0.3, -0.25) is 0 Å². The van der Waals surface area contributed by atoms with E-state index in [0.29, 0.717) is 0 Å². The lowest BCUT2D eigenvalue weighted by Crippen LogP contribution is -2.66. The maximum Gasteiger partial charge on any atom is 0.261 e. The van der Waals surface area contributed by atoms with Crippen LogP contribution in [0.4, 0.5) is 0 Å². The van der Waals surface area contributed by atoms with Crippen LogP contribution in [0.2, 0.25) is 5.04 Å². The van der Waals surface area contributed by atoms with Crippen molar-refractivity contribution in [2.24, 2.45) is 0 Å². The van der Waals surface area contributed by atoms with E-state index in [9.17, 15) is 0 Å². The van der Waals surface area contributed by atoms with Crippen LogP contribution in [0, 0.1) is 0 Å². The molecule has 0 aliphatic heterocycles. The molecule has 0 fully saturated rings. The van der Waals surface area contributed by atoms with Gasteiger partial charge in [-0.05, 0) is 57.1 Å². The summed E-state index contributed by atoms with van der Waals surface area (Å²) in [5.41, 5.74) is 3.80. The van der Waals surface area contributed by atoms with E-state index in [1.54, 1.807) is 0 Å². The average molecular weight is 655 g/mol. The second kappa shape index (κ2) is 14.9. The smallest absolute Gasteiger partial charge is 0.261 e. The van der Waals surface area contributed by atoms with E-state index in [1.165, 1.54) is 27.1 Å². The molecule has 4 rings (SSSR count). The van der Waals surface area contributed by atoms with Crippen molar-refractivity contribution in [2.75, 3.05) is 13.2 Å². The summed E-state index contributed by atoms with van der Waals surface area (Å²) in [5.74, 6) is 0. The van der Waals surface area contributed by atoms with Gasteiger partial charge in [0.25, 0.3) is 8.32 Å². The Hall–Kier alpha value is -2.02.